The molecule has 2 N–H and O–H groups in total. The highest BCUT2D eigenvalue weighted by Crippen LogP contribution is 2.22. The Bertz CT molecular complexity index is 529. The molecule has 0 radical (unpaired) electrons. The number of ether oxygens (including phenoxy) is 1. The highest BCUT2D eigenvalue weighted by Gasteiger charge is 2.32. The summed E-state index contributed by atoms with van der Waals surface area (Å²) in [5, 5.41) is 9.81. The van der Waals surface area contributed by atoms with E-state index in [1.54, 1.807) is 13.3 Å². The molecular weight excluding hydrogens is 280 g/mol. The standard InChI is InChI=1S/C12H22N4O3S/c1-3-13-7-10-8-14-15-12(10)20(17,18)16-6-4-5-11(9-16)19-2/h8,11,13H,3-7,9H2,1-2H3,(H,14,15). The van der Waals surface area contributed by atoms with E-state index in [1.165, 1.54) is 4.31 Å². The molecule has 1 saturated heterocycles. The molecule has 1 aromatic heterocycles. The van der Waals surface area contributed by atoms with Crippen molar-refractivity contribution in [2.75, 3.05) is 26.7 Å². The van der Waals surface area contributed by atoms with Crippen LogP contribution in [0.5, 0.6) is 0 Å². The Labute approximate surface area is 119 Å². The Kier molecular flexibility index (Phi) is 5.14. The van der Waals surface area contributed by atoms with E-state index >= 15 is 0 Å². The average molecular weight is 302 g/mol. The van der Waals surface area contributed by atoms with Crippen LogP contribution in [-0.4, -0.2) is 55.8 Å². The van der Waals surface area contributed by atoms with Gasteiger partial charge in [0.25, 0.3) is 10.0 Å². The number of rotatable bonds is 6. The Hall–Kier alpha value is -0.960. The molecule has 0 spiro atoms. The minimum Gasteiger partial charge on any atom is -0.380 e. The van der Waals surface area contributed by atoms with Crippen molar-refractivity contribution in [2.24, 2.45) is 0 Å². The Balaban J connectivity index is 2.19. The maximum atomic E-state index is 12.7. The van der Waals surface area contributed by atoms with Crippen molar-refractivity contribution in [2.45, 2.75) is 37.4 Å². The van der Waals surface area contributed by atoms with Crippen LogP contribution >= 0.6 is 0 Å². The van der Waals surface area contributed by atoms with Gasteiger partial charge >= 0.3 is 0 Å². The summed E-state index contributed by atoms with van der Waals surface area (Å²) >= 11 is 0. The lowest BCUT2D eigenvalue weighted by Gasteiger charge is -2.30. The number of methoxy groups -OCH3 is 1. The molecular formula is C12H22N4O3S. The van der Waals surface area contributed by atoms with E-state index in [9.17, 15) is 8.42 Å². The zero-order valence-electron chi connectivity index (χ0n) is 11.9. The average Bonchev–Trinajstić information content (AvgIpc) is 2.94. The third-order valence-corrected chi connectivity index (χ3v) is 5.40. The molecule has 7 nitrogen and oxygen atoms in total. The monoisotopic (exact) mass is 302 g/mol. The van der Waals surface area contributed by atoms with Crippen LogP contribution in [0.15, 0.2) is 11.2 Å². The summed E-state index contributed by atoms with van der Waals surface area (Å²) in [7, 11) is -1.91. The SMILES string of the molecule is CCNCc1cn[nH]c1S(=O)(=O)N1CCCC(OC)C1. The molecule has 1 atom stereocenters. The molecule has 114 valence electrons. The van der Waals surface area contributed by atoms with E-state index in [4.69, 9.17) is 4.74 Å². The van der Waals surface area contributed by atoms with Crippen LogP contribution in [0.1, 0.15) is 25.3 Å². The van der Waals surface area contributed by atoms with Crippen LogP contribution in [0, 0.1) is 0 Å². The Morgan fingerprint density at radius 3 is 3.10 bits per heavy atom. The predicted octanol–water partition coefficient (Wildman–Crippen LogP) is 0.319. The van der Waals surface area contributed by atoms with Gasteiger partial charge in [-0.15, -0.1) is 0 Å². The van der Waals surface area contributed by atoms with Gasteiger partial charge in [-0.2, -0.15) is 9.40 Å². The van der Waals surface area contributed by atoms with Gasteiger partial charge in [-0.1, -0.05) is 6.92 Å². The van der Waals surface area contributed by atoms with Gasteiger partial charge in [0, 0.05) is 32.3 Å². The lowest BCUT2D eigenvalue weighted by atomic mass is 10.1. The van der Waals surface area contributed by atoms with Gasteiger partial charge < -0.3 is 10.1 Å². The molecule has 1 fully saturated rings. The summed E-state index contributed by atoms with van der Waals surface area (Å²) in [6.07, 6.45) is 3.25. The number of hydrogen-bond acceptors (Lipinski definition) is 5. The van der Waals surface area contributed by atoms with Crippen molar-refractivity contribution in [1.29, 1.82) is 0 Å². The number of sulfonamides is 1. The summed E-state index contributed by atoms with van der Waals surface area (Å²) in [6, 6.07) is 0. The fourth-order valence-electron chi connectivity index (χ4n) is 2.35. The molecule has 2 heterocycles. The number of piperidine rings is 1. The van der Waals surface area contributed by atoms with E-state index in [-0.39, 0.29) is 11.1 Å². The third-order valence-electron chi connectivity index (χ3n) is 3.52. The van der Waals surface area contributed by atoms with Gasteiger partial charge in [-0.05, 0) is 19.4 Å². The van der Waals surface area contributed by atoms with Crippen LogP contribution < -0.4 is 5.32 Å². The lowest BCUT2D eigenvalue weighted by Crippen LogP contribution is -2.43. The number of aromatic amines is 1. The van der Waals surface area contributed by atoms with E-state index in [0.29, 0.717) is 25.2 Å². The van der Waals surface area contributed by atoms with Gasteiger partial charge in [0.2, 0.25) is 0 Å². The van der Waals surface area contributed by atoms with Crippen molar-refractivity contribution >= 4 is 10.0 Å². The summed E-state index contributed by atoms with van der Waals surface area (Å²) < 4.78 is 32.1. The van der Waals surface area contributed by atoms with Gasteiger partial charge in [0.05, 0.1) is 12.3 Å². The normalized spacial score (nSPS) is 21.2. The highest BCUT2D eigenvalue weighted by atomic mass is 32.2. The van der Waals surface area contributed by atoms with E-state index in [2.05, 4.69) is 15.5 Å². The zero-order valence-corrected chi connectivity index (χ0v) is 12.7. The fraction of sp³-hybridized carbons (Fsp3) is 0.750. The minimum atomic E-state index is -3.53. The topological polar surface area (TPSA) is 87.3 Å². The highest BCUT2D eigenvalue weighted by molar-refractivity contribution is 7.89. The van der Waals surface area contributed by atoms with Gasteiger partial charge in [0.15, 0.2) is 5.03 Å². The van der Waals surface area contributed by atoms with Gasteiger partial charge in [-0.25, -0.2) is 8.42 Å². The molecule has 1 unspecified atom stereocenters. The van der Waals surface area contributed by atoms with Crippen molar-refractivity contribution in [1.82, 2.24) is 19.8 Å². The molecule has 1 aliphatic rings. The van der Waals surface area contributed by atoms with Crippen molar-refractivity contribution < 1.29 is 13.2 Å². The smallest absolute Gasteiger partial charge is 0.260 e. The van der Waals surface area contributed by atoms with Gasteiger partial charge in [-0.3, -0.25) is 5.10 Å². The summed E-state index contributed by atoms with van der Waals surface area (Å²) in [4.78, 5) is 0. The number of H-pyrrole nitrogens is 1. The number of aromatic nitrogens is 2. The third kappa shape index (κ3) is 3.20. The Morgan fingerprint density at radius 1 is 1.60 bits per heavy atom. The van der Waals surface area contributed by atoms with Crippen LogP contribution in [-0.2, 0) is 21.3 Å². The van der Waals surface area contributed by atoms with Crippen LogP contribution in [0.2, 0.25) is 0 Å². The molecule has 0 amide bonds. The fourth-order valence-corrected chi connectivity index (χ4v) is 3.97. The van der Waals surface area contributed by atoms with Crippen molar-refractivity contribution in [3.63, 3.8) is 0 Å². The summed E-state index contributed by atoms with van der Waals surface area (Å²) in [6.45, 7) is 4.17. The number of nitrogens with one attached hydrogen (secondary N) is 2. The van der Waals surface area contributed by atoms with Crippen molar-refractivity contribution in [3.8, 4) is 0 Å². The van der Waals surface area contributed by atoms with E-state index in [0.717, 1.165) is 19.4 Å². The number of hydrogen-bond donors (Lipinski definition) is 2. The van der Waals surface area contributed by atoms with Gasteiger partial charge in [0.1, 0.15) is 0 Å². The molecule has 8 heteroatoms. The molecule has 0 saturated carbocycles. The molecule has 2 rings (SSSR count). The minimum absolute atomic E-state index is 0.0290. The maximum Gasteiger partial charge on any atom is 0.260 e. The largest absolute Gasteiger partial charge is 0.380 e. The molecule has 0 aliphatic carbocycles. The maximum absolute atomic E-state index is 12.7. The zero-order chi connectivity index (χ0) is 14.6. The molecule has 0 bridgehead atoms. The molecule has 20 heavy (non-hydrogen) atoms. The lowest BCUT2D eigenvalue weighted by molar-refractivity contribution is 0.0571. The molecule has 1 aromatic rings. The summed E-state index contributed by atoms with van der Waals surface area (Å²) in [5.74, 6) is 0. The first-order valence-electron chi connectivity index (χ1n) is 6.85. The second-order valence-electron chi connectivity index (χ2n) is 4.87. The first-order chi connectivity index (χ1) is 9.59. The molecule has 1 aliphatic heterocycles. The van der Waals surface area contributed by atoms with Crippen molar-refractivity contribution in [3.05, 3.63) is 11.8 Å². The van der Waals surface area contributed by atoms with E-state index in [1.807, 2.05) is 6.92 Å². The second-order valence-corrected chi connectivity index (χ2v) is 6.74. The van der Waals surface area contributed by atoms with Crippen LogP contribution in [0.4, 0.5) is 0 Å². The van der Waals surface area contributed by atoms with E-state index < -0.39 is 10.0 Å². The summed E-state index contributed by atoms with van der Waals surface area (Å²) in [5.41, 5.74) is 0.673. The van der Waals surface area contributed by atoms with Crippen LogP contribution in [0.3, 0.4) is 0 Å². The second kappa shape index (κ2) is 6.66. The number of nitrogens with zero attached hydrogens (tertiary/aromatic N) is 2. The quantitative estimate of drug-likeness (QED) is 0.790. The molecule has 0 aromatic carbocycles. The van der Waals surface area contributed by atoms with Crippen LogP contribution in [0.25, 0.3) is 0 Å². The Morgan fingerprint density at radius 2 is 2.40 bits per heavy atom. The predicted molar refractivity (Wildman–Crippen MR) is 74.8 cm³/mol. The first-order valence-corrected chi connectivity index (χ1v) is 8.29. The first kappa shape index (κ1) is 15.4.